The van der Waals surface area contributed by atoms with Crippen LogP contribution in [0.2, 0.25) is 0 Å². The normalized spacial score (nSPS) is 10.6. The van der Waals surface area contributed by atoms with Gasteiger partial charge in [0, 0.05) is 31.0 Å². The van der Waals surface area contributed by atoms with Gasteiger partial charge in [-0.2, -0.15) is 4.98 Å². The van der Waals surface area contributed by atoms with Gasteiger partial charge < -0.3 is 25.8 Å². The van der Waals surface area contributed by atoms with Crippen molar-refractivity contribution >= 4 is 35.0 Å². The van der Waals surface area contributed by atoms with E-state index in [1.54, 1.807) is 20.2 Å². The minimum Gasteiger partial charge on any atom is -0.495 e. The van der Waals surface area contributed by atoms with E-state index in [2.05, 4.69) is 20.6 Å². The number of anilines is 3. The number of alkyl halides is 1. The van der Waals surface area contributed by atoms with Gasteiger partial charge in [-0.3, -0.25) is 4.79 Å². The summed E-state index contributed by atoms with van der Waals surface area (Å²) in [7, 11) is 3.26. The van der Waals surface area contributed by atoms with Crippen LogP contribution in [0.1, 0.15) is 38.2 Å². The largest absolute Gasteiger partial charge is 0.495 e. The molecule has 0 saturated carbocycles. The average Bonchev–Trinajstić information content (AvgIpc) is 2.67. The van der Waals surface area contributed by atoms with Gasteiger partial charge in [0.2, 0.25) is 11.9 Å². The number of benzene rings is 1. The maximum absolute atomic E-state index is 12.1. The quantitative estimate of drug-likeness (QED) is 0.539. The van der Waals surface area contributed by atoms with Crippen LogP contribution in [0.3, 0.4) is 0 Å². The predicted molar refractivity (Wildman–Crippen MR) is 112 cm³/mol. The van der Waals surface area contributed by atoms with Gasteiger partial charge >= 0.3 is 0 Å². The molecule has 0 saturated heterocycles. The lowest BCUT2D eigenvalue weighted by molar-refractivity contribution is -0.116. The lowest BCUT2D eigenvalue weighted by Gasteiger charge is -2.19. The van der Waals surface area contributed by atoms with Crippen molar-refractivity contribution in [1.82, 2.24) is 9.97 Å². The Hall–Kier alpha value is -2.74. The first-order valence-corrected chi connectivity index (χ1v) is 9.48. The van der Waals surface area contributed by atoms with Crippen molar-refractivity contribution in [2.75, 3.05) is 36.4 Å². The number of carbonyl (C=O) groups excluding carboxylic acids is 1. The molecule has 0 aliphatic carbocycles. The Morgan fingerprint density at radius 3 is 2.61 bits per heavy atom. The Kier molecular flexibility index (Phi) is 7.69. The third kappa shape index (κ3) is 5.39. The van der Waals surface area contributed by atoms with Crippen LogP contribution in [0.5, 0.6) is 17.2 Å². The number of nitrogens with one attached hydrogen (secondary N) is 2. The molecule has 9 heteroatoms. The summed E-state index contributed by atoms with van der Waals surface area (Å²) in [5.41, 5.74) is 7.38. The zero-order valence-electron chi connectivity index (χ0n) is 16.5. The van der Waals surface area contributed by atoms with Crippen LogP contribution in [-0.2, 0) is 4.79 Å². The van der Waals surface area contributed by atoms with Crippen LogP contribution < -0.4 is 25.8 Å². The number of ether oxygens (including phenoxy) is 2. The number of halogens is 1. The van der Waals surface area contributed by atoms with E-state index in [9.17, 15) is 4.79 Å². The van der Waals surface area contributed by atoms with Crippen molar-refractivity contribution in [3.63, 3.8) is 0 Å². The maximum Gasteiger partial charge on any atom is 0.224 e. The van der Waals surface area contributed by atoms with E-state index in [0.29, 0.717) is 47.6 Å². The molecule has 0 aliphatic heterocycles. The second-order valence-corrected chi connectivity index (χ2v) is 6.76. The Labute approximate surface area is 169 Å². The molecule has 0 unspecified atom stereocenters. The molecule has 1 aromatic heterocycles. The van der Waals surface area contributed by atoms with Crippen molar-refractivity contribution in [2.45, 2.75) is 32.6 Å². The Balaban J connectivity index is 2.40. The summed E-state index contributed by atoms with van der Waals surface area (Å²) in [5, 5.41) is 5.67. The van der Waals surface area contributed by atoms with E-state index >= 15 is 0 Å². The highest BCUT2D eigenvalue weighted by atomic mass is 35.5. The summed E-state index contributed by atoms with van der Waals surface area (Å²) in [6.07, 6.45) is 2.41. The Morgan fingerprint density at radius 2 is 2.04 bits per heavy atom. The number of nitrogens with two attached hydrogens (primary N) is 1. The van der Waals surface area contributed by atoms with Gasteiger partial charge in [-0.1, -0.05) is 13.8 Å². The molecule has 1 amide bonds. The zero-order chi connectivity index (χ0) is 20.7. The highest BCUT2D eigenvalue weighted by Crippen LogP contribution is 2.39. The topological polar surface area (TPSA) is 111 Å². The molecule has 2 rings (SSSR count). The fourth-order valence-electron chi connectivity index (χ4n) is 2.52. The highest BCUT2D eigenvalue weighted by Gasteiger charge is 2.18. The predicted octanol–water partition coefficient (Wildman–Crippen LogP) is 3.98. The van der Waals surface area contributed by atoms with Gasteiger partial charge in [-0.05, 0) is 18.4 Å². The first-order chi connectivity index (χ1) is 13.4. The van der Waals surface area contributed by atoms with Crippen molar-refractivity contribution in [3.8, 4) is 17.2 Å². The SMILES string of the molecule is CNc1ncc(Oc2cc(NC(=O)CCCCl)c(OC)cc2C(C)C)c(N)n1. The standard InChI is InChI=1S/C19H26ClN5O3/c1-11(2)12-8-15(27-4)13(24-17(26)6-5-7-20)9-14(12)28-16-10-23-19(22-3)25-18(16)21/h8-11H,5-7H2,1-4H3,(H,24,26)(H3,21,22,23,25). The fraction of sp³-hybridized carbons (Fsp3) is 0.421. The van der Waals surface area contributed by atoms with E-state index in [-0.39, 0.29) is 17.6 Å². The molecule has 4 N–H and O–H groups in total. The summed E-state index contributed by atoms with van der Waals surface area (Å²) >= 11 is 5.66. The number of carbonyl (C=O) groups is 1. The fourth-order valence-corrected chi connectivity index (χ4v) is 2.66. The number of hydrogen-bond acceptors (Lipinski definition) is 7. The second kappa shape index (κ2) is 9.98. The lowest BCUT2D eigenvalue weighted by atomic mass is 10.0. The van der Waals surface area contributed by atoms with Gasteiger partial charge in [-0.25, -0.2) is 4.98 Å². The first-order valence-electron chi connectivity index (χ1n) is 8.95. The van der Waals surface area contributed by atoms with Crippen molar-refractivity contribution in [3.05, 3.63) is 23.9 Å². The average molecular weight is 408 g/mol. The lowest BCUT2D eigenvalue weighted by Crippen LogP contribution is -2.13. The highest BCUT2D eigenvalue weighted by molar-refractivity contribution is 6.18. The van der Waals surface area contributed by atoms with E-state index in [1.165, 1.54) is 6.20 Å². The molecule has 2 aromatic rings. The molecule has 0 radical (unpaired) electrons. The van der Waals surface area contributed by atoms with E-state index in [4.69, 9.17) is 26.8 Å². The summed E-state index contributed by atoms with van der Waals surface area (Å²) in [4.78, 5) is 20.4. The Bertz CT molecular complexity index is 829. The van der Waals surface area contributed by atoms with Crippen LogP contribution in [0.25, 0.3) is 0 Å². The maximum atomic E-state index is 12.1. The van der Waals surface area contributed by atoms with Crippen LogP contribution >= 0.6 is 11.6 Å². The van der Waals surface area contributed by atoms with Crippen molar-refractivity contribution < 1.29 is 14.3 Å². The van der Waals surface area contributed by atoms with Crippen LogP contribution in [0.15, 0.2) is 18.3 Å². The van der Waals surface area contributed by atoms with E-state index < -0.39 is 0 Å². The van der Waals surface area contributed by atoms with Gasteiger partial charge in [0.1, 0.15) is 11.5 Å². The van der Waals surface area contributed by atoms with Gasteiger partial charge in [0.05, 0.1) is 19.0 Å². The van der Waals surface area contributed by atoms with Gasteiger partial charge in [0.15, 0.2) is 11.6 Å². The third-order valence-electron chi connectivity index (χ3n) is 3.99. The molecular formula is C19H26ClN5O3. The van der Waals surface area contributed by atoms with Crippen LogP contribution in [-0.4, -0.2) is 35.9 Å². The summed E-state index contributed by atoms with van der Waals surface area (Å²) in [6, 6.07) is 3.56. The first kappa shape index (κ1) is 21.6. The molecule has 0 aliphatic rings. The zero-order valence-corrected chi connectivity index (χ0v) is 17.3. The molecule has 0 spiro atoms. The smallest absolute Gasteiger partial charge is 0.224 e. The number of nitrogens with zero attached hydrogens (tertiary/aromatic N) is 2. The molecule has 28 heavy (non-hydrogen) atoms. The molecule has 1 heterocycles. The van der Waals surface area contributed by atoms with E-state index in [0.717, 1.165) is 5.56 Å². The summed E-state index contributed by atoms with van der Waals surface area (Å²) in [6.45, 7) is 4.06. The van der Waals surface area contributed by atoms with Crippen molar-refractivity contribution in [2.24, 2.45) is 0 Å². The number of hydrogen-bond donors (Lipinski definition) is 3. The minimum absolute atomic E-state index is 0.142. The molecule has 0 bridgehead atoms. The number of methoxy groups -OCH3 is 1. The van der Waals surface area contributed by atoms with Crippen LogP contribution in [0.4, 0.5) is 17.5 Å². The second-order valence-electron chi connectivity index (χ2n) is 6.38. The monoisotopic (exact) mass is 407 g/mol. The van der Waals surface area contributed by atoms with E-state index in [1.807, 2.05) is 19.9 Å². The molecule has 0 fully saturated rings. The molecule has 0 atom stereocenters. The Morgan fingerprint density at radius 1 is 1.29 bits per heavy atom. The number of nitrogen functional groups attached to an aromatic ring is 1. The summed E-state index contributed by atoms with van der Waals surface area (Å²) in [5.74, 6) is 2.43. The summed E-state index contributed by atoms with van der Waals surface area (Å²) < 4.78 is 11.4. The number of rotatable bonds is 9. The number of amides is 1. The number of aromatic nitrogens is 2. The molecule has 152 valence electrons. The van der Waals surface area contributed by atoms with Gasteiger partial charge in [-0.15, -0.1) is 11.6 Å². The van der Waals surface area contributed by atoms with Crippen molar-refractivity contribution in [1.29, 1.82) is 0 Å². The molecule has 1 aromatic carbocycles. The third-order valence-corrected chi connectivity index (χ3v) is 4.26. The van der Waals surface area contributed by atoms with Crippen LogP contribution in [0, 0.1) is 0 Å². The van der Waals surface area contributed by atoms with Gasteiger partial charge in [0.25, 0.3) is 0 Å². The molecular weight excluding hydrogens is 382 g/mol. The minimum atomic E-state index is -0.150. The molecule has 8 nitrogen and oxygen atoms in total.